The van der Waals surface area contributed by atoms with Crippen molar-refractivity contribution in [3.63, 3.8) is 0 Å². The molecule has 0 saturated heterocycles. The molecule has 4 nitrogen and oxygen atoms in total. The van der Waals surface area contributed by atoms with Crippen LogP contribution in [0, 0.1) is 0 Å². The third-order valence-electron chi connectivity index (χ3n) is 3.50. The Morgan fingerprint density at radius 1 is 1.08 bits per heavy atom. The first kappa shape index (κ1) is 18.1. The van der Waals surface area contributed by atoms with Crippen molar-refractivity contribution in [2.75, 3.05) is 21.3 Å². The zero-order valence-electron chi connectivity index (χ0n) is 14.0. The molecule has 0 bridgehead atoms. The Kier molecular flexibility index (Phi) is 6.44. The summed E-state index contributed by atoms with van der Waals surface area (Å²) >= 11 is 3.40. The van der Waals surface area contributed by atoms with Crippen LogP contribution in [-0.4, -0.2) is 32.1 Å². The van der Waals surface area contributed by atoms with Crippen LogP contribution in [0.4, 0.5) is 0 Å². The van der Waals surface area contributed by atoms with E-state index in [4.69, 9.17) is 9.47 Å². The van der Waals surface area contributed by atoms with Gasteiger partial charge in [-0.25, -0.2) is 0 Å². The monoisotopic (exact) mass is 389 g/mol. The van der Waals surface area contributed by atoms with Gasteiger partial charge in [0.1, 0.15) is 11.5 Å². The van der Waals surface area contributed by atoms with Crippen LogP contribution in [0.1, 0.15) is 11.1 Å². The Hall–Kier alpha value is -2.27. The molecule has 24 heavy (non-hydrogen) atoms. The van der Waals surface area contributed by atoms with Crippen molar-refractivity contribution in [2.45, 2.75) is 6.54 Å². The van der Waals surface area contributed by atoms with Crippen molar-refractivity contribution in [3.05, 3.63) is 64.1 Å². The van der Waals surface area contributed by atoms with Gasteiger partial charge in [0.05, 0.1) is 14.2 Å². The highest BCUT2D eigenvalue weighted by Crippen LogP contribution is 2.23. The quantitative estimate of drug-likeness (QED) is 0.696. The van der Waals surface area contributed by atoms with Crippen LogP contribution in [0.15, 0.2) is 53.0 Å². The number of carbonyl (C=O) groups is 1. The van der Waals surface area contributed by atoms with E-state index in [2.05, 4.69) is 15.9 Å². The number of amides is 1. The predicted molar refractivity (Wildman–Crippen MR) is 99.2 cm³/mol. The summed E-state index contributed by atoms with van der Waals surface area (Å²) in [5.74, 6) is 1.30. The predicted octanol–water partition coefficient (Wildman–Crippen LogP) is 4.14. The lowest BCUT2D eigenvalue weighted by molar-refractivity contribution is -0.125. The molecule has 0 aromatic heterocycles. The van der Waals surface area contributed by atoms with Crippen LogP contribution < -0.4 is 9.47 Å². The highest BCUT2D eigenvalue weighted by Gasteiger charge is 2.06. The number of methoxy groups -OCH3 is 2. The van der Waals surface area contributed by atoms with Gasteiger partial charge in [-0.1, -0.05) is 28.1 Å². The first-order valence-electron chi connectivity index (χ1n) is 7.42. The number of rotatable bonds is 6. The highest BCUT2D eigenvalue weighted by molar-refractivity contribution is 9.10. The number of carbonyl (C=O) groups excluding carboxylic acids is 1. The summed E-state index contributed by atoms with van der Waals surface area (Å²) in [6.45, 7) is 0.553. The number of likely N-dealkylation sites (N-methyl/N-ethyl adjacent to an activating group) is 1. The summed E-state index contributed by atoms with van der Waals surface area (Å²) < 4.78 is 11.5. The minimum absolute atomic E-state index is 0.0697. The summed E-state index contributed by atoms with van der Waals surface area (Å²) in [5, 5.41) is 0. The summed E-state index contributed by atoms with van der Waals surface area (Å²) in [6.07, 6.45) is 3.30. The molecule has 0 unspecified atom stereocenters. The van der Waals surface area contributed by atoms with Crippen molar-refractivity contribution in [1.82, 2.24) is 4.90 Å². The van der Waals surface area contributed by atoms with E-state index in [0.29, 0.717) is 18.0 Å². The maximum Gasteiger partial charge on any atom is 0.246 e. The van der Waals surface area contributed by atoms with E-state index >= 15 is 0 Å². The number of nitrogens with zero attached hydrogens (tertiary/aromatic N) is 1. The topological polar surface area (TPSA) is 38.8 Å². The molecule has 1 amide bonds. The fourth-order valence-electron chi connectivity index (χ4n) is 2.16. The second kappa shape index (κ2) is 8.55. The molecular formula is C19H20BrNO3. The van der Waals surface area contributed by atoms with Crippen LogP contribution in [0.3, 0.4) is 0 Å². The molecule has 0 aliphatic heterocycles. The Labute approximate surface area is 150 Å². The average molecular weight is 390 g/mol. The Balaban J connectivity index is 2.05. The lowest BCUT2D eigenvalue weighted by atomic mass is 10.1. The SMILES string of the molecule is COc1cc(/C=C/C(=O)N(C)Cc2ccc(Br)cc2)cc(OC)c1. The number of ether oxygens (including phenoxy) is 2. The van der Waals surface area contributed by atoms with Gasteiger partial charge in [-0.05, 0) is 41.5 Å². The van der Waals surface area contributed by atoms with E-state index in [-0.39, 0.29) is 5.91 Å². The lowest BCUT2D eigenvalue weighted by Crippen LogP contribution is -2.24. The third kappa shape index (κ3) is 5.13. The summed E-state index contributed by atoms with van der Waals surface area (Å²) in [7, 11) is 4.97. The molecule has 126 valence electrons. The van der Waals surface area contributed by atoms with Crippen LogP contribution in [-0.2, 0) is 11.3 Å². The average Bonchev–Trinajstić information content (AvgIpc) is 2.61. The Morgan fingerprint density at radius 2 is 1.67 bits per heavy atom. The van der Waals surface area contributed by atoms with E-state index in [1.807, 2.05) is 36.4 Å². The molecule has 0 atom stereocenters. The molecule has 0 aliphatic carbocycles. The van der Waals surface area contributed by atoms with E-state index in [1.54, 1.807) is 44.4 Å². The van der Waals surface area contributed by atoms with Gasteiger partial charge in [-0.3, -0.25) is 4.79 Å². The minimum atomic E-state index is -0.0697. The molecule has 2 rings (SSSR count). The molecule has 0 N–H and O–H groups in total. The van der Waals surface area contributed by atoms with Gasteiger partial charge in [0.2, 0.25) is 5.91 Å². The maximum atomic E-state index is 12.3. The number of hydrogen-bond acceptors (Lipinski definition) is 3. The normalized spacial score (nSPS) is 10.7. The van der Waals surface area contributed by atoms with Crippen molar-refractivity contribution >= 4 is 27.9 Å². The summed E-state index contributed by atoms with van der Waals surface area (Å²) in [4.78, 5) is 13.9. The van der Waals surface area contributed by atoms with Crippen molar-refractivity contribution in [3.8, 4) is 11.5 Å². The molecule has 0 aliphatic rings. The molecule has 2 aromatic rings. The molecule has 0 saturated carbocycles. The largest absolute Gasteiger partial charge is 0.497 e. The smallest absolute Gasteiger partial charge is 0.246 e. The molecule has 2 aromatic carbocycles. The number of hydrogen-bond donors (Lipinski definition) is 0. The van der Waals surface area contributed by atoms with E-state index < -0.39 is 0 Å². The number of benzene rings is 2. The Bertz CT molecular complexity index is 704. The first-order valence-corrected chi connectivity index (χ1v) is 8.22. The third-order valence-corrected chi connectivity index (χ3v) is 4.03. The maximum absolute atomic E-state index is 12.3. The standard InChI is InChI=1S/C19H20BrNO3/c1-21(13-14-4-7-16(20)8-5-14)19(22)9-6-15-10-17(23-2)12-18(11-15)24-3/h4-12H,13H2,1-3H3/b9-6+. The second-order valence-electron chi connectivity index (χ2n) is 5.30. The van der Waals surface area contributed by atoms with E-state index in [9.17, 15) is 4.79 Å². The zero-order chi connectivity index (χ0) is 17.5. The molecule has 0 heterocycles. The van der Waals surface area contributed by atoms with Crippen molar-refractivity contribution < 1.29 is 14.3 Å². The van der Waals surface area contributed by atoms with E-state index in [1.165, 1.54) is 0 Å². The molecule has 0 fully saturated rings. The Morgan fingerprint density at radius 3 is 2.21 bits per heavy atom. The second-order valence-corrected chi connectivity index (χ2v) is 6.22. The number of halogens is 1. The molecule has 0 spiro atoms. The van der Waals surface area contributed by atoms with Crippen LogP contribution in [0.5, 0.6) is 11.5 Å². The van der Waals surface area contributed by atoms with Crippen molar-refractivity contribution in [2.24, 2.45) is 0 Å². The highest BCUT2D eigenvalue weighted by atomic mass is 79.9. The van der Waals surface area contributed by atoms with Gasteiger partial charge in [0.15, 0.2) is 0 Å². The lowest BCUT2D eigenvalue weighted by Gasteiger charge is -2.15. The van der Waals surface area contributed by atoms with E-state index in [0.717, 1.165) is 15.6 Å². The molecule has 5 heteroatoms. The van der Waals surface area contributed by atoms with Gasteiger partial charge in [-0.2, -0.15) is 0 Å². The van der Waals surface area contributed by atoms with Gasteiger partial charge >= 0.3 is 0 Å². The van der Waals surface area contributed by atoms with Gasteiger partial charge in [0, 0.05) is 30.2 Å². The van der Waals surface area contributed by atoms with Crippen LogP contribution in [0.25, 0.3) is 6.08 Å². The minimum Gasteiger partial charge on any atom is -0.497 e. The fourth-order valence-corrected chi connectivity index (χ4v) is 2.43. The zero-order valence-corrected chi connectivity index (χ0v) is 15.5. The summed E-state index contributed by atoms with van der Waals surface area (Å²) in [6, 6.07) is 13.4. The van der Waals surface area contributed by atoms with Crippen LogP contribution >= 0.6 is 15.9 Å². The molecular weight excluding hydrogens is 370 g/mol. The summed E-state index contributed by atoms with van der Waals surface area (Å²) in [5.41, 5.74) is 1.92. The fraction of sp³-hybridized carbons (Fsp3) is 0.211. The first-order chi connectivity index (χ1) is 11.5. The molecule has 0 radical (unpaired) electrons. The van der Waals surface area contributed by atoms with Crippen LogP contribution in [0.2, 0.25) is 0 Å². The van der Waals surface area contributed by atoms with Gasteiger partial charge < -0.3 is 14.4 Å². The van der Waals surface area contributed by atoms with Gasteiger partial charge in [0.25, 0.3) is 0 Å². The van der Waals surface area contributed by atoms with Crippen molar-refractivity contribution in [1.29, 1.82) is 0 Å². The van der Waals surface area contributed by atoms with Gasteiger partial charge in [-0.15, -0.1) is 0 Å².